The van der Waals surface area contributed by atoms with Gasteiger partial charge in [-0.1, -0.05) is 32.0 Å². The van der Waals surface area contributed by atoms with Crippen LogP contribution in [0.1, 0.15) is 48.8 Å². The largest absolute Gasteiger partial charge is 0.335 e. The van der Waals surface area contributed by atoms with Crippen LogP contribution in [0.3, 0.4) is 0 Å². The van der Waals surface area contributed by atoms with Gasteiger partial charge in [0.05, 0.1) is 18.1 Å². The molecule has 1 fully saturated rings. The summed E-state index contributed by atoms with van der Waals surface area (Å²) in [5.74, 6) is 0.300. The standard InChI is InChI=1S/C21H25N5O/c1-16(2)20-13-19(23-26(20)17-7-4-3-5-8-17)21(27)25-11-6-9-18(25)14-24-12-10-22-15-24/h3-5,7-8,10,12-13,15-16,18H,6,9,11,14H2,1-2H3. The summed E-state index contributed by atoms with van der Waals surface area (Å²) in [5, 5.41) is 4.68. The SMILES string of the molecule is CC(C)c1cc(C(=O)N2CCCC2Cn2ccnc2)nn1-c1ccccc1. The van der Waals surface area contributed by atoms with Crippen molar-refractivity contribution in [3.05, 3.63) is 66.5 Å². The molecule has 140 valence electrons. The van der Waals surface area contributed by atoms with Crippen molar-refractivity contribution in [2.75, 3.05) is 6.54 Å². The van der Waals surface area contributed by atoms with E-state index >= 15 is 0 Å². The summed E-state index contributed by atoms with van der Waals surface area (Å²) in [6, 6.07) is 12.1. The minimum Gasteiger partial charge on any atom is -0.335 e. The van der Waals surface area contributed by atoms with Crippen LogP contribution in [0.2, 0.25) is 0 Å². The molecule has 4 rings (SSSR count). The fourth-order valence-electron chi connectivity index (χ4n) is 3.77. The molecule has 1 aliphatic rings. The van der Waals surface area contributed by atoms with E-state index in [-0.39, 0.29) is 17.9 Å². The van der Waals surface area contributed by atoms with Gasteiger partial charge in [-0.2, -0.15) is 5.10 Å². The summed E-state index contributed by atoms with van der Waals surface area (Å²) in [4.78, 5) is 19.3. The first-order valence-corrected chi connectivity index (χ1v) is 9.55. The number of rotatable bonds is 5. The Balaban J connectivity index is 1.61. The first-order chi connectivity index (χ1) is 13.1. The van der Waals surface area contributed by atoms with Crippen molar-refractivity contribution in [2.45, 2.75) is 45.2 Å². The molecule has 0 saturated carbocycles. The minimum absolute atomic E-state index is 0.0224. The third kappa shape index (κ3) is 3.52. The maximum atomic E-state index is 13.2. The summed E-state index contributed by atoms with van der Waals surface area (Å²) >= 11 is 0. The van der Waals surface area contributed by atoms with Gasteiger partial charge < -0.3 is 9.47 Å². The Labute approximate surface area is 159 Å². The Morgan fingerprint density at radius 2 is 2.07 bits per heavy atom. The van der Waals surface area contributed by atoms with Crippen molar-refractivity contribution in [1.29, 1.82) is 0 Å². The number of carbonyl (C=O) groups excluding carboxylic acids is 1. The molecular weight excluding hydrogens is 338 g/mol. The van der Waals surface area contributed by atoms with E-state index in [2.05, 4.69) is 23.9 Å². The van der Waals surface area contributed by atoms with Gasteiger partial charge >= 0.3 is 0 Å². The lowest BCUT2D eigenvalue weighted by atomic mass is 10.1. The summed E-state index contributed by atoms with van der Waals surface area (Å²) < 4.78 is 3.94. The van der Waals surface area contributed by atoms with Crippen molar-refractivity contribution in [3.63, 3.8) is 0 Å². The van der Waals surface area contributed by atoms with Crippen molar-refractivity contribution < 1.29 is 4.79 Å². The molecule has 0 radical (unpaired) electrons. The lowest BCUT2D eigenvalue weighted by Gasteiger charge is -2.24. The molecule has 1 aromatic carbocycles. The first kappa shape index (κ1) is 17.5. The van der Waals surface area contributed by atoms with Crippen molar-refractivity contribution >= 4 is 5.91 Å². The van der Waals surface area contributed by atoms with Gasteiger partial charge in [0.1, 0.15) is 0 Å². The molecule has 0 aliphatic carbocycles. The number of carbonyl (C=O) groups is 1. The van der Waals surface area contributed by atoms with Crippen LogP contribution in [0.15, 0.2) is 55.1 Å². The molecule has 27 heavy (non-hydrogen) atoms. The average Bonchev–Trinajstić information content (AvgIpc) is 3.43. The van der Waals surface area contributed by atoms with Gasteiger partial charge in [0.2, 0.25) is 0 Å². The quantitative estimate of drug-likeness (QED) is 0.697. The van der Waals surface area contributed by atoms with Gasteiger partial charge in [0.25, 0.3) is 5.91 Å². The molecule has 0 spiro atoms. The minimum atomic E-state index is 0.0224. The number of para-hydroxylation sites is 1. The molecule has 3 heterocycles. The van der Waals surface area contributed by atoms with E-state index < -0.39 is 0 Å². The molecule has 1 aliphatic heterocycles. The van der Waals surface area contributed by atoms with Crippen LogP contribution < -0.4 is 0 Å². The van der Waals surface area contributed by atoms with E-state index in [9.17, 15) is 4.79 Å². The highest BCUT2D eigenvalue weighted by Gasteiger charge is 2.31. The second-order valence-corrected chi connectivity index (χ2v) is 7.41. The van der Waals surface area contributed by atoms with Gasteiger partial charge in [0.15, 0.2) is 5.69 Å². The van der Waals surface area contributed by atoms with Crippen LogP contribution in [0, 0.1) is 0 Å². The third-order valence-electron chi connectivity index (χ3n) is 5.17. The van der Waals surface area contributed by atoms with E-state index in [0.29, 0.717) is 5.69 Å². The highest BCUT2D eigenvalue weighted by Crippen LogP contribution is 2.25. The summed E-state index contributed by atoms with van der Waals surface area (Å²) in [5.41, 5.74) is 2.56. The number of likely N-dealkylation sites (tertiary alicyclic amines) is 1. The normalized spacial score (nSPS) is 17.0. The zero-order valence-corrected chi connectivity index (χ0v) is 15.8. The molecular formula is C21H25N5O. The highest BCUT2D eigenvalue weighted by molar-refractivity contribution is 5.93. The van der Waals surface area contributed by atoms with E-state index in [1.807, 2.05) is 63.1 Å². The van der Waals surface area contributed by atoms with E-state index in [1.54, 1.807) is 6.20 Å². The number of imidazole rings is 1. The van der Waals surface area contributed by atoms with Gasteiger partial charge in [-0.15, -0.1) is 0 Å². The van der Waals surface area contributed by atoms with Gasteiger partial charge in [0, 0.05) is 31.2 Å². The van der Waals surface area contributed by atoms with E-state index in [1.165, 1.54) is 0 Å². The van der Waals surface area contributed by atoms with Gasteiger partial charge in [-0.25, -0.2) is 9.67 Å². The van der Waals surface area contributed by atoms with Crippen LogP contribution in [0.5, 0.6) is 0 Å². The molecule has 6 nitrogen and oxygen atoms in total. The van der Waals surface area contributed by atoms with Crippen molar-refractivity contribution in [2.24, 2.45) is 0 Å². The predicted molar refractivity (Wildman–Crippen MR) is 104 cm³/mol. The Morgan fingerprint density at radius 3 is 2.78 bits per heavy atom. The highest BCUT2D eigenvalue weighted by atomic mass is 16.2. The molecule has 2 aromatic heterocycles. The smallest absolute Gasteiger partial charge is 0.274 e. The maximum Gasteiger partial charge on any atom is 0.274 e. The zero-order chi connectivity index (χ0) is 18.8. The van der Waals surface area contributed by atoms with Gasteiger partial charge in [-0.3, -0.25) is 4.79 Å². The molecule has 1 amide bonds. The first-order valence-electron chi connectivity index (χ1n) is 9.55. The van der Waals surface area contributed by atoms with Crippen LogP contribution in [0.4, 0.5) is 0 Å². The van der Waals surface area contributed by atoms with Crippen LogP contribution in [0.25, 0.3) is 5.69 Å². The number of benzene rings is 1. The lowest BCUT2D eigenvalue weighted by Crippen LogP contribution is -2.38. The van der Waals surface area contributed by atoms with E-state index in [4.69, 9.17) is 0 Å². The molecule has 1 unspecified atom stereocenters. The van der Waals surface area contributed by atoms with E-state index in [0.717, 1.165) is 37.3 Å². The maximum absolute atomic E-state index is 13.2. The van der Waals surface area contributed by atoms with Crippen LogP contribution in [-0.4, -0.2) is 42.7 Å². The topological polar surface area (TPSA) is 56.0 Å². The number of hydrogen-bond donors (Lipinski definition) is 0. The summed E-state index contributed by atoms with van der Waals surface area (Å²) in [7, 11) is 0. The Hall–Kier alpha value is -2.89. The third-order valence-corrected chi connectivity index (χ3v) is 5.17. The fourth-order valence-corrected chi connectivity index (χ4v) is 3.77. The number of hydrogen-bond acceptors (Lipinski definition) is 3. The van der Waals surface area contributed by atoms with Crippen LogP contribution in [-0.2, 0) is 6.54 Å². The Kier molecular flexibility index (Phi) is 4.79. The van der Waals surface area contributed by atoms with Crippen LogP contribution >= 0.6 is 0 Å². The fraction of sp³-hybridized carbons (Fsp3) is 0.381. The summed E-state index contributed by atoms with van der Waals surface area (Å²) in [6.45, 7) is 5.82. The van der Waals surface area contributed by atoms with Gasteiger partial charge in [-0.05, 0) is 37.0 Å². The Bertz CT molecular complexity index is 898. The molecule has 1 atom stereocenters. The number of nitrogens with zero attached hydrogens (tertiary/aromatic N) is 5. The average molecular weight is 363 g/mol. The molecule has 0 N–H and O–H groups in total. The molecule has 0 bridgehead atoms. The second-order valence-electron chi connectivity index (χ2n) is 7.41. The predicted octanol–water partition coefficient (Wildman–Crippen LogP) is 3.50. The van der Waals surface area contributed by atoms with Crippen molar-refractivity contribution in [3.8, 4) is 5.69 Å². The number of aromatic nitrogens is 4. The second kappa shape index (κ2) is 7.39. The summed E-state index contributed by atoms with van der Waals surface area (Å²) in [6.07, 6.45) is 7.57. The molecule has 1 saturated heterocycles. The monoisotopic (exact) mass is 363 g/mol. The zero-order valence-electron chi connectivity index (χ0n) is 15.8. The Morgan fingerprint density at radius 1 is 1.26 bits per heavy atom. The number of amides is 1. The molecule has 6 heteroatoms. The lowest BCUT2D eigenvalue weighted by molar-refractivity contribution is 0.0718. The molecule has 3 aromatic rings. The van der Waals surface area contributed by atoms with Crippen molar-refractivity contribution in [1.82, 2.24) is 24.2 Å².